The zero-order valence-electron chi connectivity index (χ0n) is 11.3. The summed E-state index contributed by atoms with van der Waals surface area (Å²) >= 11 is 6.06. The van der Waals surface area contributed by atoms with Crippen LogP contribution in [0.2, 0.25) is 0 Å². The van der Waals surface area contributed by atoms with Crippen molar-refractivity contribution in [2.24, 2.45) is 0 Å². The Bertz CT molecular complexity index is 321. The van der Waals surface area contributed by atoms with Crippen molar-refractivity contribution in [3.63, 3.8) is 0 Å². The molecule has 1 heterocycles. The third kappa shape index (κ3) is 3.71. The maximum Gasteiger partial charge on any atom is 0.0762 e. The first kappa shape index (κ1) is 14.5. The fraction of sp³-hybridized carbons (Fsp3) is 0.769. The molecule has 1 rings (SSSR count). The quantitative estimate of drug-likeness (QED) is 0.760. The van der Waals surface area contributed by atoms with Gasteiger partial charge in [0.15, 0.2) is 0 Å². The number of rotatable bonds is 7. The van der Waals surface area contributed by atoms with E-state index in [2.05, 4.69) is 44.2 Å². The zero-order chi connectivity index (χ0) is 12.9. The summed E-state index contributed by atoms with van der Waals surface area (Å²) in [6.45, 7) is 9.39. The highest BCUT2D eigenvalue weighted by Gasteiger charge is 2.24. The number of aromatic nitrogens is 2. The van der Waals surface area contributed by atoms with Gasteiger partial charge in [0, 0.05) is 30.2 Å². The molecule has 3 nitrogen and oxygen atoms in total. The van der Waals surface area contributed by atoms with E-state index in [-0.39, 0.29) is 5.54 Å². The number of nitrogens with zero attached hydrogens (tertiary/aromatic N) is 2. The Morgan fingerprint density at radius 3 is 2.47 bits per heavy atom. The van der Waals surface area contributed by atoms with Gasteiger partial charge in [-0.25, -0.2) is 0 Å². The van der Waals surface area contributed by atoms with Crippen molar-refractivity contribution < 1.29 is 0 Å². The van der Waals surface area contributed by atoms with E-state index in [0.717, 1.165) is 25.1 Å². The van der Waals surface area contributed by atoms with Gasteiger partial charge in [-0.2, -0.15) is 5.10 Å². The molecule has 0 fully saturated rings. The second kappa shape index (κ2) is 6.41. The molecule has 0 aliphatic heterocycles. The van der Waals surface area contributed by atoms with E-state index in [1.54, 1.807) is 0 Å². The fourth-order valence-corrected chi connectivity index (χ4v) is 2.25. The molecular weight excluding hydrogens is 234 g/mol. The van der Waals surface area contributed by atoms with Crippen molar-refractivity contribution in [2.75, 3.05) is 5.88 Å². The molecule has 0 amide bonds. The zero-order valence-corrected chi connectivity index (χ0v) is 12.1. The van der Waals surface area contributed by atoms with Crippen molar-refractivity contribution in [3.8, 4) is 0 Å². The Morgan fingerprint density at radius 2 is 2.06 bits per heavy atom. The lowest BCUT2D eigenvalue weighted by atomic mass is 9.95. The summed E-state index contributed by atoms with van der Waals surface area (Å²) in [5.41, 5.74) is 1.12. The van der Waals surface area contributed by atoms with Crippen LogP contribution in [0.3, 0.4) is 0 Å². The topological polar surface area (TPSA) is 29.9 Å². The van der Waals surface area contributed by atoms with Crippen LogP contribution in [0.5, 0.6) is 0 Å². The van der Waals surface area contributed by atoms with E-state index < -0.39 is 0 Å². The predicted molar refractivity (Wildman–Crippen MR) is 73.5 cm³/mol. The molecular formula is C13H24ClN3. The summed E-state index contributed by atoms with van der Waals surface area (Å²) in [4.78, 5) is 0. The summed E-state index contributed by atoms with van der Waals surface area (Å²) in [5.74, 6) is 0.644. The van der Waals surface area contributed by atoms with Crippen molar-refractivity contribution in [1.82, 2.24) is 15.1 Å². The van der Waals surface area contributed by atoms with Crippen LogP contribution in [0.4, 0.5) is 0 Å². The van der Waals surface area contributed by atoms with Crippen LogP contribution in [0.1, 0.15) is 52.3 Å². The molecule has 0 aliphatic rings. The lowest BCUT2D eigenvalue weighted by Gasteiger charge is -2.30. The van der Waals surface area contributed by atoms with Crippen molar-refractivity contribution in [3.05, 3.63) is 18.0 Å². The Hall–Kier alpha value is -0.540. The van der Waals surface area contributed by atoms with Crippen LogP contribution in [0, 0.1) is 0 Å². The number of halogens is 1. The molecule has 17 heavy (non-hydrogen) atoms. The first-order valence-corrected chi connectivity index (χ1v) is 6.95. The smallest absolute Gasteiger partial charge is 0.0762 e. The lowest BCUT2D eigenvalue weighted by Crippen LogP contribution is -2.45. The van der Waals surface area contributed by atoms with Crippen LogP contribution in [-0.2, 0) is 6.54 Å². The highest BCUT2D eigenvalue weighted by Crippen LogP contribution is 2.17. The lowest BCUT2D eigenvalue weighted by molar-refractivity contribution is 0.331. The summed E-state index contributed by atoms with van der Waals surface area (Å²) in [6, 6.07) is 2.48. The summed E-state index contributed by atoms with van der Waals surface area (Å²) in [5, 5.41) is 8.07. The molecule has 1 aromatic heterocycles. The van der Waals surface area contributed by atoms with Crippen LogP contribution in [-0.4, -0.2) is 21.2 Å². The van der Waals surface area contributed by atoms with Gasteiger partial charge < -0.3 is 5.32 Å². The normalized spacial score (nSPS) is 12.4. The largest absolute Gasteiger partial charge is 0.304 e. The van der Waals surface area contributed by atoms with Crippen molar-refractivity contribution in [1.29, 1.82) is 0 Å². The molecule has 1 aromatic rings. The second-order valence-electron chi connectivity index (χ2n) is 4.86. The van der Waals surface area contributed by atoms with Gasteiger partial charge in [-0.3, -0.25) is 4.68 Å². The summed E-state index contributed by atoms with van der Waals surface area (Å²) < 4.78 is 1.98. The van der Waals surface area contributed by atoms with Crippen LogP contribution in [0.25, 0.3) is 0 Å². The second-order valence-corrected chi connectivity index (χ2v) is 5.12. The summed E-state index contributed by atoms with van der Waals surface area (Å²) in [6.07, 6.45) is 4.11. The van der Waals surface area contributed by atoms with Crippen molar-refractivity contribution >= 4 is 11.6 Å². The van der Waals surface area contributed by atoms with E-state index in [4.69, 9.17) is 11.6 Å². The third-order valence-electron chi connectivity index (χ3n) is 3.45. The Kier molecular flexibility index (Phi) is 5.47. The molecule has 0 saturated carbocycles. The Morgan fingerprint density at radius 1 is 1.41 bits per heavy atom. The maximum absolute atomic E-state index is 6.06. The molecule has 0 spiro atoms. The number of hydrogen-bond donors (Lipinski definition) is 1. The minimum atomic E-state index is 0.0448. The first-order valence-electron chi connectivity index (χ1n) is 6.42. The molecule has 0 bridgehead atoms. The molecule has 98 valence electrons. The average molecular weight is 258 g/mol. The number of hydrogen-bond acceptors (Lipinski definition) is 2. The molecule has 1 N–H and O–H groups in total. The molecule has 0 radical (unpaired) electrons. The van der Waals surface area contributed by atoms with Gasteiger partial charge in [0.25, 0.3) is 0 Å². The minimum Gasteiger partial charge on any atom is -0.304 e. The van der Waals surface area contributed by atoms with E-state index in [0.29, 0.717) is 11.9 Å². The van der Waals surface area contributed by atoms with Crippen molar-refractivity contribution in [2.45, 2.75) is 58.7 Å². The third-order valence-corrected chi connectivity index (χ3v) is 3.96. The molecule has 0 saturated heterocycles. The van der Waals surface area contributed by atoms with Gasteiger partial charge in [0.05, 0.1) is 5.69 Å². The van der Waals surface area contributed by atoms with Crippen LogP contribution >= 0.6 is 11.6 Å². The minimum absolute atomic E-state index is 0.0448. The number of nitrogens with one attached hydrogen (secondary N) is 1. The van der Waals surface area contributed by atoms with Gasteiger partial charge in [-0.05, 0) is 32.8 Å². The van der Waals surface area contributed by atoms with Gasteiger partial charge in [0.2, 0.25) is 0 Å². The maximum atomic E-state index is 6.06. The van der Waals surface area contributed by atoms with Gasteiger partial charge >= 0.3 is 0 Å². The molecule has 0 atom stereocenters. The van der Waals surface area contributed by atoms with Crippen LogP contribution < -0.4 is 5.32 Å². The number of alkyl halides is 1. The van der Waals surface area contributed by atoms with E-state index in [1.807, 2.05) is 10.9 Å². The first-order chi connectivity index (χ1) is 8.06. The van der Waals surface area contributed by atoms with E-state index >= 15 is 0 Å². The monoisotopic (exact) mass is 257 g/mol. The molecule has 4 heteroatoms. The van der Waals surface area contributed by atoms with Gasteiger partial charge in [-0.15, -0.1) is 11.6 Å². The molecule has 0 aromatic carbocycles. The average Bonchev–Trinajstić information content (AvgIpc) is 2.81. The highest BCUT2D eigenvalue weighted by molar-refractivity contribution is 6.18. The van der Waals surface area contributed by atoms with Gasteiger partial charge in [0.1, 0.15) is 0 Å². The molecule has 0 aliphatic carbocycles. The summed E-state index contributed by atoms with van der Waals surface area (Å²) in [7, 11) is 0. The SMILES string of the molecule is CCC(CC)(CCl)NCc1ccn(C(C)C)n1. The standard InChI is InChI=1S/C13H24ClN3/c1-5-13(6-2,10-14)15-9-12-7-8-17(16-12)11(3)4/h7-8,11,15H,5-6,9-10H2,1-4H3. The van der Waals surface area contributed by atoms with E-state index in [1.165, 1.54) is 0 Å². The fourth-order valence-electron chi connectivity index (χ4n) is 1.77. The van der Waals surface area contributed by atoms with Crippen LogP contribution in [0.15, 0.2) is 12.3 Å². The highest BCUT2D eigenvalue weighted by atomic mass is 35.5. The van der Waals surface area contributed by atoms with Gasteiger partial charge in [-0.1, -0.05) is 13.8 Å². The predicted octanol–water partition coefficient (Wildman–Crippen LogP) is 3.35. The molecule has 0 unspecified atom stereocenters. The van der Waals surface area contributed by atoms with E-state index in [9.17, 15) is 0 Å². The Balaban J connectivity index is 2.59. The Labute approximate surface area is 110 Å².